The molecule has 0 aromatic carbocycles. The van der Waals surface area contributed by atoms with Crippen molar-refractivity contribution in [3.63, 3.8) is 0 Å². The second-order valence-electron chi connectivity index (χ2n) is 4.50. The summed E-state index contributed by atoms with van der Waals surface area (Å²) in [5, 5.41) is 7.37. The molecule has 0 radical (unpaired) electrons. The monoisotopic (exact) mass is 330 g/mol. The lowest BCUT2D eigenvalue weighted by Crippen LogP contribution is -2.29. The van der Waals surface area contributed by atoms with Crippen LogP contribution in [0, 0.1) is 0 Å². The molecule has 1 heterocycles. The van der Waals surface area contributed by atoms with Crippen LogP contribution in [-0.2, 0) is 0 Å². The molecule has 0 amide bonds. The molecule has 1 aliphatic rings. The summed E-state index contributed by atoms with van der Waals surface area (Å²) in [6.07, 6.45) is 8.87. The summed E-state index contributed by atoms with van der Waals surface area (Å²) in [6, 6.07) is 0.520. The highest BCUT2D eigenvalue weighted by atomic mass is 79.9. The quantitative estimate of drug-likeness (QED) is 0.886. The maximum absolute atomic E-state index is 4.32. The molecule has 2 rings (SSSR count). The first-order valence-electron chi connectivity index (χ1n) is 6.22. The van der Waals surface area contributed by atoms with Crippen LogP contribution < -0.4 is 10.6 Å². The molecule has 1 fully saturated rings. The summed E-state index contributed by atoms with van der Waals surface area (Å²) in [6.45, 7) is 0. The molecule has 0 bridgehead atoms. The first-order valence-corrected chi connectivity index (χ1v) is 8.30. The van der Waals surface area contributed by atoms with E-state index in [2.05, 4.69) is 42.8 Å². The second-order valence-corrected chi connectivity index (χ2v) is 6.43. The fourth-order valence-electron chi connectivity index (χ4n) is 2.33. The van der Waals surface area contributed by atoms with E-state index < -0.39 is 0 Å². The summed E-state index contributed by atoms with van der Waals surface area (Å²) in [5.74, 6) is 1.71. The lowest BCUT2D eigenvalue weighted by atomic mass is 9.95. The normalized spacial score (nSPS) is 23.7. The molecular formula is C12H19BrN4S. The summed E-state index contributed by atoms with van der Waals surface area (Å²) in [5.41, 5.74) is 0. The van der Waals surface area contributed by atoms with Gasteiger partial charge in [-0.2, -0.15) is 11.8 Å². The number of nitrogens with one attached hydrogen (secondary N) is 2. The Balaban J connectivity index is 2.04. The molecule has 0 aliphatic heterocycles. The predicted octanol–water partition coefficient (Wildman–Crippen LogP) is 3.37. The zero-order valence-corrected chi connectivity index (χ0v) is 13.1. The molecule has 2 atom stereocenters. The number of nitrogens with zero attached hydrogens (tertiary/aromatic N) is 2. The zero-order valence-electron chi connectivity index (χ0n) is 10.7. The number of rotatable bonds is 4. The van der Waals surface area contributed by atoms with Crippen molar-refractivity contribution in [1.29, 1.82) is 0 Å². The molecule has 100 valence electrons. The van der Waals surface area contributed by atoms with Crippen LogP contribution in [0.25, 0.3) is 0 Å². The van der Waals surface area contributed by atoms with E-state index in [0.29, 0.717) is 6.04 Å². The van der Waals surface area contributed by atoms with Gasteiger partial charge in [-0.05, 0) is 41.4 Å². The summed E-state index contributed by atoms with van der Waals surface area (Å²) >= 11 is 5.52. The van der Waals surface area contributed by atoms with Crippen molar-refractivity contribution >= 4 is 39.3 Å². The number of hydrogen-bond acceptors (Lipinski definition) is 5. The Morgan fingerprint density at radius 2 is 2.11 bits per heavy atom. The van der Waals surface area contributed by atoms with Gasteiger partial charge >= 0.3 is 0 Å². The number of anilines is 2. The van der Waals surface area contributed by atoms with Crippen LogP contribution in [-0.4, -0.2) is 34.6 Å². The minimum atomic E-state index is 0.520. The Morgan fingerprint density at radius 3 is 2.83 bits per heavy atom. The number of thioether (sulfide) groups is 1. The Kier molecular flexibility index (Phi) is 5.12. The van der Waals surface area contributed by atoms with Crippen molar-refractivity contribution in [1.82, 2.24) is 9.97 Å². The van der Waals surface area contributed by atoms with Gasteiger partial charge in [0.15, 0.2) is 0 Å². The Bertz CT molecular complexity index is 402. The van der Waals surface area contributed by atoms with E-state index in [9.17, 15) is 0 Å². The maximum Gasteiger partial charge on any atom is 0.146 e. The lowest BCUT2D eigenvalue weighted by Gasteiger charge is -2.29. The summed E-state index contributed by atoms with van der Waals surface area (Å²) in [4.78, 5) is 8.48. The number of hydrogen-bond donors (Lipinski definition) is 2. The van der Waals surface area contributed by atoms with Gasteiger partial charge in [-0.25, -0.2) is 9.97 Å². The van der Waals surface area contributed by atoms with Gasteiger partial charge in [0.05, 0.1) is 0 Å². The molecule has 1 aromatic heterocycles. The van der Waals surface area contributed by atoms with Crippen LogP contribution in [0.2, 0.25) is 0 Å². The highest BCUT2D eigenvalue weighted by Crippen LogP contribution is 2.31. The molecular weight excluding hydrogens is 312 g/mol. The largest absolute Gasteiger partial charge is 0.372 e. The highest BCUT2D eigenvalue weighted by Gasteiger charge is 2.22. The van der Waals surface area contributed by atoms with Crippen molar-refractivity contribution in [2.75, 3.05) is 23.9 Å². The van der Waals surface area contributed by atoms with E-state index >= 15 is 0 Å². The number of aromatic nitrogens is 2. The van der Waals surface area contributed by atoms with Gasteiger partial charge in [0.1, 0.15) is 22.4 Å². The average Bonchev–Trinajstić information content (AvgIpc) is 2.41. The van der Waals surface area contributed by atoms with E-state index in [4.69, 9.17) is 0 Å². The van der Waals surface area contributed by atoms with Gasteiger partial charge in [0, 0.05) is 18.3 Å². The van der Waals surface area contributed by atoms with Crippen molar-refractivity contribution in [3.8, 4) is 0 Å². The van der Waals surface area contributed by atoms with Gasteiger partial charge in [0.2, 0.25) is 0 Å². The third-order valence-electron chi connectivity index (χ3n) is 3.33. The molecule has 0 spiro atoms. The van der Waals surface area contributed by atoms with Gasteiger partial charge in [-0.1, -0.05) is 6.42 Å². The molecule has 1 aliphatic carbocycles. The maximum atomic E-state index is 4.32. The SMILES string of the molecule is CNc1ncnc(NC2CCCC(SC)C2)c1Br. The molecule has 2 N–H and O–H groups in total. The van der Waals surface area contributed by atoms with Crippen LogP contribution >= 0.6 is 27.7 Å². The third-order valence-corrected chi connectivity index (χ3v) is 5.17. The van der Waals surface area contributed by atoms with Crippen molar-refractivity contribution < 1.29 is 0 Å². The summed E-state index contributed by atoms with van der Waals surface area (Å²) < 4.78 is 0.916. The van der Waals surface area contributed by atoms with Crippen molar-refractivity contribution in [3.05, 3.63) is 10.8 Å². The minimum absolute atomic E-state index is 0.520. The molecule has 0 saturated heterocycles. The van der Waals surface area contributed by atoms with E-state index in [-0.39, 0.29) is 0 Å². The summed E-state index contributed by atoms with van der Waals surface area (Å²) in [7, 11) is 1.86. The first kappa shape index (κ1) is 13.9. The molecule has 6 heteroatoms. The number of halogens is 1. The molecule has 18 heavy (non-hydrogen) atoms. The van der Waals surface area contributed by atoms with Crippen LogP contribution in [0.5, 0.6) is 0 Å². The lowest BCUT2D eigenvalue weighted by molar-refractivity contribution is 0.472. The van der Waals surface area contributed by atoms with E-state index in [1.165, 1.54) is 25.7 Å². The predicted molar refractivity (Wildman–Crippen MR) is 82.5 cm³/mol. The van der Waals surface area contributed by atoms with Gasteiger partial charge in [-0.3, -0.25) is 0 Å². The van der Waals surface area contributed by atoms with Crippen LogP contribution in [0.1, 0.15) is 25.7 Å². The van der Waals surface area contributed by atoms with Gasteiger partial charge < -0.3 is 10.6 Å². The fourth-order valence-corrected chi connectivity index (χ4v) is 3.67. The topological polar surface area (TPSA) is 49.8 Å². The third kappa shape index (κ3) is 3.29. The first-order chi connectivity index (χ1) is 8.74. The zero-order chi connectivity index (χ0) is 13.0. The van der Waals surface area contributed by atoms with E-state index in [1.807, 2.05) is 18.8 Å². The smallest absolute Gasteiger partial charge is 0.146 e. The Hall–Kier alpha value is -0.490. The second kappa shape index (κ2) is 6.61. The Labute approximate surface area is 121 Å². The van der Waals surface area contributed by atoms with E-state index in [0.717, 1.165) is 21.4 Å². The van der Waals surface area contributed by atoms with Gasteiger partial charge in [0.25, 0.3) is 0 Å². The average molecular weight is 331 g/mol. The van der Waals surface area contributed by atoms with E-state index in [1.54, 1.807) is 6.33 Å². The standard InChI is InChI=1S/C12H19BrN4S/c1-14-11-10(13)12(16-7-15-11)17-8-4-3-5-9(6-8)18-2/h7-9H,3-6H2,1-2H3,(H2,14,15,16,17). The molecule has 1 saturated carbocycles. The fraction of sp³-hybridized carbons (Fsp3) is 0.667. The molecule has 4 nitrogen and oxygen atoms in total. The van der Waals surface area contributed by atoms with Gasteiger partial charge in [-0.15, -0.1) is 0 Å². The Morgan fingerprint density at radius 1 is 1.33 bits per heavy atom. The minimum Gasteiger partial charge on any atom is -0.372 e. The molecule has 2 unspecified atom stereocenters. The van der Waals surface area contributed by atoms with Crippen LogP contribution in [0.4, 0.5) is 11.6 Å². The van der Waals surface area contributed by atoms with Crippen molar-refractivity contribution in [2.24, 2.45) is 0 Å². The van der Waals surface area contributed by atoms with Crippen LogP contribution in [0.3, 0.4) is 0 Å². The van der Waals surface area contributed by atoms with Crippen LogP contribution in [0.15, 0.2) is 10.8 Å². The highest BCUT2D eigenvalue weighted by molar-refractivity contribution is 9.10. The van der Waals surface area contributed by atoms with Crippen molar-refractivity contribution in [2.45, 2.75) is 37.0 Å². The molecule has 1 aromatic rings.